The predicted octanol–water partition coefficient (Wildman–Crippen LogP) is 2.60. The number of nitrogens with zero attached hydrogens (tertiary/aromatic N) is 5. The van der Waals surface area contributed by atoms with E-state index in [0.29, 0.717) is 32.1 Å². The lowest BCUT2D eigenvalue weighted by atomic mass is 10.2. The zero-order valence-electron chi connectivity index (χ0n) is 14.8. The van der Waals surface area contributed by atoms with Gasteiger partial charge in [-0.25, -0.2) is 14.8 Å². The fraction of sp³-hybridized carbons (Fsp3) is 0.444. The minimum absolute atomic E-state index is 0.265. The van der Waals surface area contributed by atoms with Gasteiger partial charge in [0.05, 0.1) is 5.69 Å². The molecule has 0 radical (unpaired) electrons. The van der Waals surface area contributed by atoms with Crippen LogP contribution in [0.25, 0.3) is 11.3 Å². The number of anilines is 1. The molecule has 0 atom stereocenters. The number of pyridine rings is 1. The highest BCUT2D eigenvalue weighted by Crippen LogP contribution is 2.18. The van der Waals surface area contributed by atoms with E-state index in [1.165, 1.54) is 0 Å². The van der Waals surface area contributed by atoms with Gasteiger partial charge < -0.3 is 14.5 Å². The molecule has 1 aliphatic rings. The van der Waals surface area contributed by atoms with Gasteiger partial charge in [0, 0.05) is 50.3 Å². The lowest BCUT2D eigenvalue weighted by molar-refractivity contribution is 0.0240. The molecule has 0 aliphatic carbocycles. The highest BCUT2D eigenvalue weighted by atomic mass is 16.6. The minimum Gasteiger partial charge on any atom is -0.444 e. The van der Waals surface area contributed by atoms with Crippen LogP contribution in [0.4, 0.5) is 10.7 Å². The van der Waals surface area contributed by atoms with Gasteiger partial charge in [0.1, 0.15) is 5.60 Å². The maximum absolute atomic E-state index is 12.1. The molecule has 2 aromatic rings. The second-order valence-corrected chi connectivity index (χ2v) is 6.94. The molecule has 7 heteroatoms. The normalized spacial score (nSPS) is 15.2. The minimum atomic E-state index is -0.474. The van der Waals surface area contributed by atoms with E-state index in [2.05, 4.69) is 19.9 Å². The summed E-state index contributed by atoms with van der Waals surface area (Å²) in [5.41, 5.74) is 1.26. The molecule has 25 heavy (non-hydrogen) atoms. The second kappa shape index (κ2) is 7.04. The van der Waals surface area contributed by atoms with E-state index in [4.69, 9.17) is 4.74 Å². The first kappa shape index (κ1) is 17.1. The van der Waals surface area contributed by atoms with Crippen LogP contribution < -0.4 is 4.90 Å². The number of ether oxygens (including phenoxy) is 1. The van der Waals surface area contributed by atoms with E-state index >= 15 is 0 Å². The first-order chi connectivity index (χ1) is 11.9. The number of carbonyl (C=O) groups is 1. The van der Waals surface area contributed by atoms with Gasteiger partial charge in [0.2, 0.25) is 5.95 Å². The predicted molar refractivity (Wildman–Crippen MR) is 95.3 cm³/mol. The Morgan fingerprint density at radius 1 is 1.04 bits per heavy atom. The average molecular weight is 341 g/mol. The first-order valence-corrected chi connectivity index (χ1v) is 8.39. The van der Waals surface area contributed by atoms with Crippen LogP contribution in [0.15, 0.2) is 36.8 Å². The van der Waals surface area contributed by atoms with Gasteiger partial charge in [0.15, 0.2) is 0 Å². The number of amides is 1. The zero-order chi connectivity index (χ0) is 17.9. The van der Waals surface area contributed by atoms with Crippen LogP contribution >= 0.6 is 0 Å². The summed E-state index contributed by atoms with van der Waals surface area (Å²) in [6, 6.07) is 5.74. The van der Waals surface area contributed by atoms with Gasteiger partial charge in [-0.1, -0.05) is 6.07 Å². The highest BCUT2D eigenvalue weighted by molar-refractivity contribution is 5.68. The molecule has 1 aliphatic heterocycles. The Balaban J connectivity index is 1.59. The van der Waals surface area contributed by atoms with Crippen molar-refractivity contribution in [3.05, 3.63) is 36.8 Å². The number of piperazine rings is 1. The van der Waals surface area contributed by atoms with Crippen molar-refractivity contribution < 1.29 is 9.53 Å². The molecule has 0 spiro atoms. The van der Waals surface area contributed by atoms with Crippen LogP contribution in [0.5, 0.6) is 0 Å². The molecule has 7 nitrogen and oxygen atoms in total. The summed E-state index contributed by atoms with van der Waals surface area (Å²) < 4.78 is 5.41. The Labute approximate surface area is 147 Å². The Hall–Kier alpha value is -2.70. The number of rotatable bonds is 2. The summed E-state index contributed by atoms with van der Waals surface area (Å²) in [5.74, 6) is 0.670. The Morgan fingerprint density at radius 3 is 2.28 bits per heavy atom. The van der Waals surface area contributed by atoms with E-state index in [1.54, 1.807) is 23.5 Å². The molecule has 0 unspecified atom stereocenters. The first-order valence-electron chi connectivity index (χ1n) is 8.39. The van der Waals surface area contributed by atoms with Crippen molar-refractivity contribution in [1.82, 2.24) is 19.9 Å². The highest BCUT2D eigenvalue weighted by Gasteiger charge is 2.26. The van der Waals surface area contributed by atoms with Crippen molar-refractivity contribution in [3.63, 3.8) is 0 Å². The van der Waals surface area contributed by atoms with Crippen LogP contribution in [-0.4, -0.2) is 57.7 Å². The smallest absolute Gasteiger partial charge is 0.410 e. The number of aromatic nitrogens is 3. The third-order valence-corrected chi connectivity index (χ3v) is 3.81. The third-order valence-electron chi connectivity index (χ3n) is 3.81. The fourth-order valence-corrected chi connectivity index (χ4v) is 2.57. The molecule has 1 saturated heterocycles. The van der Waals surface area contributed by atoms with Crippen molar-refractivity contribution >= 4 is 12.0 Å². The van der Waals surface area contributed by atoms with Crippen LogP contribution in [0.1, 0.15) is 20.8 Å². The van der Waals surface area contributed by atoms with E-state index in [0.717, 1.165) is 11.3 Å². The van der Waals surface area contributed by atoms with Gasteiger partial charge >= 0.3 is 6.09 Å². The maximum Gasteiger partial charge on any atom is 0.410 e. The number of hydrogen-bond acceptors (Lipinski definition) is 6. The lowest BCUT2D eigenvalue weighted by Gasteiger charge is -2.35. The van der Waals surface area contributed by atoms with Crippen LogP contribution in [-0.2, 0) is 4.74 Å². The van der Waals surface area contributed by atoms with E-state index in [1.807, 2.05) is 39.0 Å². The van der Waals surface area contributed by atoms with Gasteiger partial charge in [-0.15, -0.1) is 0 Å². The van der Waals surface area contributed by atoms with Crippen LogP contribution in [0.2, 0.25) is 0 Å². The third kappa shape index (κ3) is 4.43. The molecule has 0 saturated carbocycles. The molecule has 1 fully saturated rings. The van der Waals surface area contributed by atoms with Gasteiger partial charge in [-0.3, -0.25) is 4.98 Å². The summed E-state index contributed by atoms with van der Waals surface area (Å²) in [6.45, 7) is 8.18. The summed E-state index contributed by atoms with van der Waals surface area (Å²) in [5, 5.41) is 0. The van der Waals surface area contributed by atoms with Crippen molar-refractivity contribution in [3.8, 4) is 11.3 Å². The van der Waals surface area contributed by atoms with Gasteiger partial charge in [-0.05, 0) is 32.9 Å². The monoisotopic (exact) mass is 341 g/mol. The molecule has 1 amide bonds. The van der Waals surface area contributed by atoms with Crippen molar-refractivity contribution in [2.45, 2.75) is 26.4 Å². The Kier molecular flexibility index (Phi) is 4.83. The SMILES string of the molecule is CC(C)(C)OC(=O)N1CCN(c2ncc(-c3ccccn3)cn2)CC1. The molecule has 0 bridgehead atoms. The van der Waals surface area contributed by atoms with E-state index in [-0.39, 0.29) is 6.09 Å². The van der Waals surface area contributed by atoms with Crippen molar-refractivity contribution in [2.75, 3.05) is 31.1 Å². The Morgan fingerprint density at radius 2 is 1.72 bits per heavy atom. The number of hydrogen-bond donors (Lipinski definition) is 0. The summed E-state index contributed by atoms with van der Waals surface area (Å²) in [7, 11) is 0. The van der Waals surface area contributed by atoms with Crippen LogP contribution in [0, 0.1) is 0 Å². The van der Waals surface area contributed by atoms with E-state index < -0.39 is 5.60 Å². The quantitative estimate of drug-likeness (QED) is 0.836. The van der Waals surface area contributed by atoms with Gasteiger partial charge in [-0.2, -0.15) is 0 Å². The zero-order valence-corrected chi connectivity index (χ0v) is 14.8. The molecule has 2 aromatic heterocycles. The van der Waals surface area contributed by atoms with Crippen molar-refractivity contribution in [2.24, 2.45) is 0 Å². The standard InChI is InChI=1S/C18H23N5O2/c1-18(2,3)25-17(24)23-10-8-22(9-11-23)16-20-12-14(13-21-16)15-6-4-5-7-19-15/h4-7,12-13H,8-11H2,1-3H3. The average Bonchev–Trinajstić information content (AvgIpc) is 2.61. The summed E-state index contributed by atoms with van der Waals surface area (Å²) >= 11 is 0. The molecule has 0 N–H and O–H groups in total. The molecule has 132 valence electrons. The second-order valence-electron chi connectivity index (χ2n) is 6.94. The maximum atomic E-state index is 12.1. The largest absolute Gasteiger partial charge is 0.444 e. The van der Waals surface area contributed by atoms with Crippen molar-refractivity contribution in [1.29, 1.82) is 0 Å². The van der Waals surface area contributed by atoms with Crippen LogP contribution in [0.3, 0.4) is 0 Å². The van der Waals surface area contributed by atoms with E-state index in [9.17, 15) is 4.79 Å². The topological polar surface area (TPSA) is 71.5 Å². The van der Waals surface area contributed by atoms with Gasteiger partial charge in [0.25, 0.3) is 0 Å². The fourth-order valence-electron chi connectivity index (χ4n) is 2.57. The summed E-state index contributed by atoms with van der Waals surface area (Å²) in [4.78, 5) is 29.1. The molecule has 3 rings (SSSR count). The molecular weight excluding hydrogens is 318 g/mol. The molecule has 3 heterocycles. The lowest BCUT2D eigenvalue weighted by Crippen LogP contribution is -2.50. The molecular formula is C18H23N5O2. The summed E-state index contributed by atoms with van der Waals surface area (Å²) in [6.07, 6.45) is 5.05. The molecule has 0 aromatic carbocycles. The number of carbonyl (C=O) groups excluding carboxylic acids is 1. The Bertz CT molecular complexity index is 704.